The van der Waals surface area contributed by atoms with Crippen LogP contribution in [0.4, 0.5) is 22.7 Å². The molecule has 0 aliphatic carbocycles. The molecule has 0 amide bonds. The molecule has 4 rings (SSSR count). The molecule has 0 heterocycles. The number of nitrogens with zero attached hydrogens (tertiary/aromatic N) is 4. The third-order valence-corrected chi connectivity index (χ3v) is 5.72. The molecular weight excluding hydrogens is 463 g/mol. The van der Waals surface area contributed by atoms with Crippen LogP contribution in [-0.4, -0.2) is 49.6 Å². The summed E-state index contributed by atoms with van der Waals surface area (Å²) in [5.74, 6) is 0.579. The second-order valence-electron chi connectivity index (χ2n) is 7.20. The van der Waals surface area contributed by atoms with E-state index in [1.807, 2.05) is 43.3 Å². The molecule has 0 saturated heterocycles. The number of methoxy groups -OCH3 is 1. The molecule has 0 saturated carbocycles. The molecule has 0 unspecified atom stereocenters. The molecule has 0 radical (unpaired) electrons. The van der Waals surface area contributed by atoms with Crippen LogP contribution < -0.4 is 4.74 Å². The Balaban J connectivity index is 0.00000324. The van der Waals surface area contributed by atoms with Crippen molar-refractivity contribution in [3.8, 4) is 5.75 Å². The van der Waals surface area contributed by atoms with Crippen molar-refractivity contribution in [1.82, 2.24) is 0 Å². The van der Waals surface area contributed by atoms with E-state index < -0.39 is 10.1 Å². The van der Waals surface area contributed by atoms with E-state index in [0.717, 1.165) is 5.56 Å². The van der Waals surface area contributed by atoms with Crippen molar-refractivity contribution in [3.05, 3.63) is 84.4 Å². The molecule has 168 valence electrons. The monoisotopic (exact) mass is 484 g/mol. The van der Waals surface area contributed by atoms with E-state index in [1.165, 1.54) is 12.1 Å². The third kappa shape index (κ3) is 5.94. The van der Waals surface area contributed by atoms with Gasteiger partial charge in [-0.1, -0.05) is 30.3 Å². The SMILES string of the molecule is COc1ccc(C)cc1N=Nc1ccc(N=Nc2ccccc2)c2cc(S(=O)(=O)O)ccc12.[NaH]. The van der Waals surface area contributed by atoms with Crippen LogP contribution in [0.3, 0.4) is 0 Å². The molecule has 34 heavy (non-hydrogen) atoms. The van der Waals surface area contributed by atoms with Gasteiger partial charge < -0.3 is 4.74 Å². The predicted molar refractivity (Wildman–Crippen MR) is 133 cm³/mol. The Hall–Kier alpha value is -2.95. The molecule has 0 bridgehead atoms. The number of rotatable bonds is 6. The summed E-state index contributed by atoms with van der Waals surface area (Å²) < 4.78 is 38.3. The van der Waals surface area contributed by atoms with Crippen molar-refractivity contribution in [1.29, 1.82) is 0 Å². The Morgan fingerprint density at radius 1 is 0.735 bits per heavy atom. The van der Waals surface area contributed by atoms with Crippen LogP contribution in [0.5, 0.6) is 5.75 Å². The number of hydrogen-bond acceptors (Lipinski definition) is 7. The molecule has 4 aromatic rings. The summed E-state index contributed by atoms with van der Waals surface area (Å²) in [7, 11) is -2.84. The Morgan fingerprint density at radius 3 is 2.06 bits per heavy atom. The number of benzene rings is 4. The van der Waals surface area contributed by atoms with Crippen LogP contribution in [0.25, 0.3) is 10.8 Å². The molecule has 4 aromatic carbocycles. The van der Waals surface area contributed by atoms with Gasteiger partial charge in [-0.2, -0.15) is 13.5 Å². The van der Waals surface area contributed by atoms with Gasteiger partial charge in [-0.3, -0.25) is 4.55 Å². The second kappa shape index (κ2) is 11.0. The maximum atomic E-state index is 11.7. The fourth-order valence-electron chi connectivity index (χ4n) is 3.22. The first-order valence-electron chi connectivity index (χ1n) is 9.92. The summed E-state index contributed by atoms with van der Waals surface area (Å²) in [6.45, 7) is 1.94. The van der Waals surface area contributed by atoms with Gasteiger partial charge in [0.25, 0.3) is 10.1 Å². The number of hydrogen-bond donors (Lipinski definition) is 1. The maximum absolute atomic E-state index is 11.7. The molecule has 0 aliphatic heterocycles. The van der Waals surface area contributed by atoms with E-state index in [4.69, 9.17) is 4.74 Å². The van der Waals surface area contributed by atoms with Crippen molar-refractivity contribution in [2.24, 2.45) is 20.5 Å². The molecular formula is C24H21N4NaO4S. The third-order valence-electron chi connectivity index (χ3n) is 4.87. The van der Waals surface area contributed by atoms with Gasteiger partial charge in [0.15, 0.2) is 0 Å². The normalized spacial score (nSPS) is 11.7. The van der Waals surface area contributed by atoms with Crippen LogP contribution in [0.15, 0.2) is 104 Å². The van der Waals surface area contributed by atoms with Gasteiger partial charge >= 0.3 is 29.6 Å². The van der Waals surface area contributed by atoms with Crippen LogP contribution in [-0.2, 0) is 10.1 Å². The molecule has 10 heteroatoms. The Kier molecular flexibility index (Phi) is 8.29. The van der Waals surface area contributed by atoms with Gasteiger partial charge in [0.2, 0.25) is 0 Å². The minimum atomic E-state index is -4.40. The average molecular weight is 485 g/mol. The average Bonchev–Trinajstić information content (AvgIpc) is 2.81. The summed E-state index contributed by atoms with van der Waals surface area (Å²) in [5.41, 5.74) is 3.13. The number of azo groups is 2. The molecule has 0 aliphatic rings. The zero-order valence-electron chi connectivity index (χ0n) is 17.9. The first kappa shape index (κ1) is 25.7. The quantitative estimate of drug-likeness (QED) is 0.189. The van der Waals surface area contributed by atoms with E-state index in [-0.39, 0.29) is 34.5 Å². The van der Waals surface area contributed by atoms with Crippen LogP contribution in [0, 0.1) is 6.92 Å². The van der Waals surface area contributed by atoms with Gasteiger partial charge in [0.1, 0.15) is 11.4 Å². The first-order valence-corrected chi connectivity index (χ1v) is 11.4. The van der Waals surface area contributed by atoms with Crippen LogP contribution >= 0.6 is 0 Å². The van der Waals surface area contributed by atoms with Gasteiger partial charge in [-0.15, -0.1) is 15.3 Å². The zero-order chi connectivity index (χ0) is 23.4. The topological polar surface area (TPSA) is 113 Å². The minimum absolute atomic E-state index is 0. The van der Waals surface area contributed by atoms with E-state index >= 15 is 0 Å². The van der Waals surface area contributed by atoms with Gasteiger partial charge in [0, 0.05) is 10.8 Å². The van der Waals surface area contributed by atoms with Crippen molar-refractivity contribution in [2.45, 2.75) is 11.8 Å². The Labute approximate surface area is 219 Å². The van der Waals surface area contributed by atoms with Crippen LogP contribution in [0.1, 0.15) is 5.56 Å². The summed E-state index contributed by atoms with van der Waals surface area (Å²) in [6.07, 6.45) is 0. The van der Waals surface area contributed by atoms with Gasteiger partial charge in [-0.05, 0) is 61.0 Å². The molecule has 8 nitrogen and oxygen atoms in total. The van der Waals surface area contributed by atoms with E-state index in [9.17, 15) is 13.0 Å². The summed E-state index contributed by atoms with van der Waals surface area (Å²) in [6, 6.07) is 22.3. The fraction of sp³-hybridized carbons (Fsp3) is 0.0833. The number of aryl methyl sites for hydroxylation is 1. The summed E-state index contributed by atoms with van der Waals surface area (Å²) >= 11 is 0. The molecule has 1 N–H and O–H groups in total. The molecule has 0 atom stereocenters. The molecule has 0 spiro atoms. The molecule has 0 aromatic heterocycles. The van der Waals surface area contributed by atoms with E-state index in [1.54, 1.807) is 37.4 Å². The Bertz CT molecular complexity index is 1490. The van der Waals surface area contributed by atoms with Gasteiger partial charge in [-0.25, -0.2) is 0 Å². The second-order valence-corrected chi connectivity index (χ2v) is 8.62. The zero-order valence-corrected chi connectivity index (χ0v) is 18.7. The van der Waals surface area contributed by atoms with Crippen molar-refractivity contribution in [3.63, 3.8) is 0 Å². The van der Waals surface area contributed by atoms with Gasteiger partial charge in [0.05, 0.1) is 29.1 Å². The predicted octanol–water partition coefficient (Wildman–Crippen LogP) is 6.59. The van der Waals surface area contributed by atoms with Crippen molar-refractivity contribution >= 4 is 73.2 Å². The fourth-order valence-corrected chi connectivity index (χ4v) is 3.73. The molecule has 0 fully saturated rings. The first-order chi connectivity index (χ1) is 15.8. The summed E-state index contributed by atoms with van der Waals surface area (Å²) in [4.78, 5) is -0.249. The van der Waals surface area contributed by atoms with Crippen molar-refractivity contribution < 1.29 is 17.7 Å². The number of ether oxygens (including phenoxy) is 1. The van der Waals surface area contributed by atoms with Crippen LogP contribution in [0.2, 0.25) is 0 Å². The van der Waals surface area contributed by atoms with E-state index in [2.05, 4.69) is 20.5 Å². The van der Waals surface area contributed by atoms with Crippen molar-refractivity contribution in [2.75, 3.05) is 7.11 Å². The standard InChI is InChI=1S/C24H20N4O4S.Na.H/c1-16-8-13-24(32-2)23(14-16)28-27-21-11-12-22(26-25-17-6-4-3-5-7-17)20-15-18(33(29,30)31)9-10-19(20)21;;/h3-15H,1-2H3,(H,29,30,31);;. The summed E-state index contributed by atoms with van der Waals surface area (Å²) in [5, 5.41) is 18.3. The Morgan fingerprint density at radius 2 is 1.38 bits per heavy atom. The van der Waals surface area contributed by atoms with E-state index in [0.29, 0.717) is 39.3 Å². The number of fused-ring (bicyclic) bond motifs is 1.